The van der Waals surface area contributed by atoms with Crippen LogP contribution in [-0.4, -0.2) is 11.1 Å². The molecule has 1 rings (SSSR count). The highest BCUT2D eigenvalue weighted by Crippen LogP contribution is 2.16. The molecule has 0 aromatic rings. The number of aliphatic carboxylic acids is 1. The van der Waals surface area contributed by atoms with Gasteiger partial charge >= 0.3 is 5.97 Å². The molecule has 0 atom stereocenters. The monoisotopic (exact) mass is 99.0 g/mol. The molecular formula is C5H6O2. The number of carboxylic acids is 1. The van der Waals surface area contributed by atoms with Crippen molar-refractivity contribution in [3.05, 3.63) is 11.6 Å². The van der Waals surface area contributed by atoms with Gasteiger partial charge in [0.25, 0.3) is 0 Å². The van der Waals surface area contributed by atoms with E-state index in [9.17, 15) is 4.79 Å². The first-order chi connectivity index (χ1) is 3.30. The van der Waals surface area contributed by atoms with Crippen molar-refractivity contribution in [3.8, 4) is 0 Å². The third-order valence-corrected chi connectivity index (χ3v) is 1.08. The number of allylic oxidation sites excluding steroid dienone is 1. The van der Waals surface area contributed by atoms with Crippen molar-refractivity contribution in [2.75, 3.05) is 0 Å². The van der Waals surface area contributed by atoms with E-state index in [1.807, 2.05) is 0 Å². The van der Waals surface area contributed by atoms with Gasteiger partial charge in [-0.25, -0.2) is 4.79 Å². The Bertz CT molecular complexity index is 124. The quantitative estimate of drug-likeness (QED) is 0.493. The highest BCUT2D eigenvalue weighted by atomic mass is 16.5. The van der Waals surface area contributed by atoms with Crippen LogP contribution in [0.4, 0.5) is 0 Å². The second-order valence-corrected chi connectivity index (χ2v) is 1.57. The van der Waals surface area contributed by atoms with Gasteiger partial charge in [0, 0.05) is 5.57 Å². The van der Waals surface area contributed by atoms with Gasteiger partial charge in [-0.15, -0.1) is 0 Å². The zero-order valence-electron chi connectivity index (χ0n) is 3.85. The average Bonchev–Trinajstić information content (AvgIpc) is 1.23. The van der Waals surface area contributed by atoms with Crippen molar-refractivity contribution in [2.45, 2.75) is 12.8 Å². The molecule has 0 radical (unpaired) electrons. The van der Waals surface area contributed by atoms with E-state index >= 15 is 0 Å². The lowest BCUT2D eigenvalue weighted by molar-refractivity contribution is -0.133. The van der Waals surface area contributed by atoms with Gasteiger partial charge in [0.1, 0.15) is 0 Å². The Morgan fingerprint density at radius 3 is 2.43 bits per heavy atom. The summed E-state index contributed by atoms with van der Waals surface area (Å²) in [6.07, 6.45) is 3.44. The summed E-state index contributed by atoms with van der Waals surface area (Å²) in [6, 6.07) is 0. The fourth-order valence-corrected chi connectivity index (χ4v) is 0.483. The number of hydrogen-bond donors (Lipinski definition) is 1. The second-order valence-electron chi connectivity index (χ2n) is 1.57. The van der Waals surface area contributed by atoms with Gasteiger partial charge in [-0.3, -0.25) is 0 Å². The minimum absolute atomic E-state index is 0.569. The summed E-state index contributed by atoms with van der Waals surface area (Å²) in [5.41, 5.74) is 0.569. The molecule has 2 nitrogen and oxygen atoms in total. The van der Waals surface area contributed by atoms with E-state index in [0.717, 1.165) is 12.8 Å². The Kier molecular flexibility index (Phi) is 0.855. The summed E-state index contributed by atoms with van der Waals surface area (Å²) >= 11 is 0. The van der Waals surface area contributed by atoms with E-state index < -0.39 is 5.97 Å². The minimum atomic E-state index is -0.758. The van der Waals surface area contributed by atoms with Crippen molar-refractivity contribution in [2.24, 2.45) is 0 Å². The third kappa shape index (κ3) is 0.633. The van der Waals surface area contributed by atoms with E-state index in [4.69, 9.17) is 5.11 Å². The fraction of sp³-hybridized carbons (Fsp3) is 0.400. The average molecular weight is 99.1 g/mol. The Morgan fingerprint density at radius 2 is 2.43 bits per heavy atom. The second kappa shape index (κ2) is 1.37. The van der Waals surface area contributed by atoms with Gasteiger partial charge in [-0.1, -0.05) is 6.08 Å². The molecule has 0 heterocycles. The van der Waals surface area contributed by atoms with Gasteiger partial charge in [0.15, 0.2) is 0 Å². The maximum Gasteiger partial charge on any atom is 0.331 e. The van der Waals surface area contributed by atoms with Gasteiger partial charge < -0.3 is 5.11 Å². The molecule has 0 saturated carbocycles. The Morgan fingerprint density at radius 1 is 1.86 bits per heavy atom. The molecule has 1 aliphatic rings. The van der Waals surface area contributed by atoms with E-state index in [2.05, 4.69) is 0 Å². The molecule has 0 aromatic heterocycles. The van der Waals surface area contributed by atoms with Crippen molar-refractivity contribution in [1.29, 1.82) is 0 Å². The lowest BCUT2D eigenvalue weighted by Gasteiger charge is -2.06. The molecule has 2 heteroatoms. The standard InChI is InChI=1S/C5H6O2/c6-5(7)4-2-1-3-4/h2H,1,3H2,(H,6,7)/i5+1. The van der Waals surface area contributed by atoms with Crippen molar-refractivity contribution < 1.29 is 9.90 Å². The van der Waals surface area contributed by atoms with Gasteiger partial charge in [0.05, 0.1) is 0 Å². The minimum Gasteiger partial charge on any atom is -0.478 e. The molecule has 0 fully saturated rings. The summed E-state index contributed by atoms with van der Waals surface area (Å²) < 4.78 is 0. The van der Waals surface area contributed by atoms with Crippen LogP contribution in [-0.2, 0) is 4.79 Å². The first-order valence-electron chi connectivity index (χ1n) is 2.23. The molecule has 0 amide bonds. The van der Waals surface area contributed by atoms with Crippen LogP contribution in [0.3, 0.4) is 0 Å². The number of hydrogen-bond acceptors (Lipinski definition) is 1. The molecule has 0 saturated heterocycles. The smallest absolute Gasteiger partial charge is 0.331 e. The summed E-state index contributed by atoms with van der Waals surface area (Å²) in [4.78, 5) is 9.91. The van der Waals surface area contributed by atoms with E-state index in [1.165, 1.54) is 0 Å². The van der Waals surface area contributed by atoms with Crippen LogP contribution >= 0.6 is 0 Å². The van der Waals surface area contributed by atoms with Crippen LogP contribution in [0, 0.1) is 0 Å². The molecular weight excluding hydrogens is 93.0 g/mol. The summed E-state index contributed by atoms with van der Waals surface area (Å²) in [7, 11) is 0. The van der Waals surface area contributed by atoms with E-state index in [-0.39, 0.29) is 0 Å². The van der Waals surface area contributed by atoms with Crippen LogP contribution in [0.5, 0.6) is 0 Å². The van der Waals surface area contributed by atoms with E-state index in [0.29, 0.717) is 5.57 Å². The van der Waals surface area contributed by atoms with Crippen molar-refractivity contribution >= 4 is 5.97 Å². The van der Waals surface area contributed by atoms with Gasteiger partial charge in [-0.2, -0.15) is 0 Å². The van der Waals surface area contributed by atoms with Crippen LogP contribution in [0.2, 0.25) is 0 Å². The molecule has 0 aromatic carbocycles. The number of carbonyl (C=O) groups is 1. The summed E-state index contributed by atoms with van der Waals surface area (Å²) in [5, 5.41) is 8.16. The number of rotatable bonds is 1. The Balaban J connectivity index is 2.57. The first kappa shape index (κ1) is 4.37. The molecule has 38 valence electrons. The van der Waals surface area contributed by atoms with Crippen LogP contribution in [0.25, 0.3) is 0 Å². The van der Waals surface area contributed by atoms with Crippen molar-refractivity contribution in [3.63, 3.8) is 0 Å². The summed E-state index contributed by atoms with van der Waals surface area (Å²) in [5.74, 6) is -0.758. The zero-order valence-corrected chi connectivity index (χ0v) is 3.85. The number of carboxylic acid groups (broad SMARTS) is 1. The summed E-state index contributed by atoms with van der Waals surface area (Å²) in [6.45, 7) is 0. The van der Waals surface area contributed by atoms with Gasteiger partial charge in [0.2, 0.25) is 0 Å². The molecule has 1 aliphatic carbocycles. The molecule has 0 bridgehead atoms. The molecule has 0 aliphatic heterocycles. The van der Waals surface area contributed by atoms with E-state index in [1.54, 1.807) is 6.08 Å². The highest BCUT2D eigenvalue weighted by Gasteiger charge is 2.11. The Labute approximate surface area is 41.5 Å². The highest BCUT2D eigenvalue weighted by molar-refractivity contribution is 5.87. The SMILES string of the molecule is O=[13C](O)C1=CCC1. The molecule has 0 unspecified atom stereocenters. The predicted molar refractivity (Wildman–Crippen MR) is 25.0 cm³/mol. The maximum absolute atomic E-state index is 9.91. The molecule has 7 heavy (non-hydrogen) atoms. The normalized spacial score (nSPS) is 17.4. The van der Waals surface area contributed by atoms with Gasteiger partial charge in [-0.05, 0) is 12.8 Å². The third-order valence-electron chi connectivity index (χ3n) is 1.08. The van der Waals surface area contributed by atoms with Crippen molar-refractivity contribution in [1.82, 2.24) is 0 Å². The molecule has 0 spiro atoms. The molecule has 1 N–H and O–H groups in total. The fourth-order valence-electron chi connectivity index (χ4n) is 0.483. The van der Waals surface area contributed by atoms with Crippen LogP contribution in [0.1, 0.15) is 12.8 Å². The van der Waals surface area contributed by atoms with Crippen LogP contribution < -0.4 is 0 Å². The lowest BCUT2D eigenvalue weighted by Crippen LogP contribution is -2.05. The zero-order chi connectivity index (χ0) is 5.28. The predicted octanol–water partition coefficient (Wildman–Crippen LogP) is 0.791. The maximum atomic E-state index is 9.91. The lowest BCUT2D eigenvalue weighted by atomic mass is 10.1. The topological polar surface area (TPSA) is 37.3 Å². The Hall–Kier alpha value is -0.790. The largest absolute Gasteiger partial charge is 0.478 e. The van der Waals surface area contributed by atoms with Crippen LogP contribution in [0.15, 0.2) is 11.6 Å². The first-order valence-corrected chi connectivity index (χ1v) is 2.23.